The maximum absolute atomic E-state index is 13.9. The summed E-state index contributed by atoms with van der Waals surface area (Å²) < 4.78 is 41.8. The predicted molar refractivity (Wildman–Crippen MR) is 141 cm³/mol. The van der Waals surface area contributed by atoms with Crippen LogP contribution in [0.4, 0.5) is 24.5 Å². The van der Waals surface area contributed by atoms with Crippen LogP contribution in [0.1, 0.15) is 22.3 Å². The smallest absolute Gasteiger partial charge is 0.277 e. The number of rotatable bonds is 4. The van der Waals surface area contributed by atoms with Crippen molar-refractivity contribution in [1.29, 1.82) is 0 Å². The Morgan fingerprint density at radius 1 is 0.944 bits per heavy atom. The van der Waals surface area contributed by atoms with Crippen molar-refractivity contribution in [3.8, 4) is 0 Å². The highest BCUT2D eigenvalue weighted by molar-refractivity contribution is 8.01. The first-order chi connectivity index (χ1) is 16.8. The number of hydrogen-bond acceptors (Lipinski definition) is 3. The fraction of sp³-hybridized carbons (Fsp3) is 0.200. The zero-order valence-electron chi connectivity index (χ0n) is 19.2. The van der Waals surface area contributed by atoms with Crippen LogP contribution in [-0.2, 0) is 11.0 Å². The van der Waals surface area contributed by atoms with E-state index in [1.807, 2.05) is 39.0 Å². The number of aryl methyl sites for hydroxylation is 3. The Morgan fingerprint density at radius 3 is 2.28 bits per heavy atom. The number of aliphatic imine (C=N–C) groups is 1. The van der Waals surface area contributed by atoms with Crippen LogP contribution in [0, 0.1) is 20.8 Å². The van der Waals surface area contributed by atoms with Gasteiger partial charge < -0.3 is 0 Å². The van der Waals surface area contributed by atoms with E-state index in [2.05, 4.69) is 10.4 Å². The quantitative estimate of drug-likeness (QED) is 0.342. The molecule has 4 rings (SSSR count). The number of anilines is 1. The fourth-order valence-electron chi connectivity index (χ4n) is 3.62. The van der Waals surface area contributed by atoms with Crippen molar-refractivity contribution in [3.05, 3.63) is 85.9 Å². The molecule has 1 N–H and O–H groups in total. The van der Waals surface area contributed by atoms with Gasteiger partial charge in [0, 0.05) is 9.92 Å². The average molecular weight is 573 g/mol. The number of benzene rings is 3. The lowest BCUT2D eigenvalue weighted by Gasteiger charge is -2.22. The molecule has 0 radical (unpaired) electrons. The molecule has 0 spiro atoms. The van der Waals surface area contributed by atoms with E-state index in [0.717, 1.165) is 38.7 Å². The minimum absolute atomic E-state index is 0.121. The highest BCUT2D eigenvalue weighted by Gasteiger charge is 2.45. The van der Waals surface area contributed by atoms with Crippen LogP contribution in [0.3, 0.4) is 0 Å². The minimum atomic E-state index is -4.82. The fourth-order valence-corrected chi connectivity index (χ4v) is 5.66. The van der Waals surface area contributed by atoms with Crippen LogP contribution in [0.2, 0.25) is 15.1 Å². The molecule has 1 amide bonds. The van der Waals surface area contributed by atoms with Crippen LogP contribution in [-0.4, -0.2) is 17.0 Å². The van der Waals surface area contributed by atoms with Gasteiger partial charge in [0.2, 0.25) is 0 Å². The van der Waals surface area contributed by atoms with Crippen LogP contribution >= 0.6 is 46.6 Å². The molecule has 3 aromatic rings. The zero-order chi connectivity index (χ0) is 26.4. The van der Waals surface area contributed by atoms with Crippen molar-refractivity contribution in [1.82, 2.24) is 5.43 Å². The number of alkyl halides is 3. The SMILES string of the molecule is Cc1ccc(N=C2NN(c3c(Cl)cc(Cl)cc3C(F)(F)F)C(=O)C2Sc2cc(C)ccc2C)c(Cl)c1. The largest absolute Gasteiger partial charge is 0.418 e. The van der Waals surface area contributed by atoms with Gasteiger partial charge in [0.05, 0.1) is 27.0 Å². The van der Waals surface area contributed by atoms with E-state index in [-0.39, 0.29) is 15.9 Å². The van der Waals surface area contributed by atoms with Gasteiger partial charge in [0.15, 0.2) is 0 Å². The highest BCUT2D eigenvalue weighted by atomic mass is 35.5. The topological polar surface area (TPSA) is 44.7 Å². The van der Waals surface area contributed by atoms with E-state index < -0.39 is 28.6 Å². The second-order valence-corrected chi connectivity index (χ2v) is 10.7. The molecule has 1 aliphatic rings. The molecule has 188 valence electrons. The summed E-state index contributed by atoms with van der Waals surface area (Å²) in [5.74, 6) is -0.548. The lowest BCUT2D eigenvalue weighted by molar-refractivity contribution is -0.137. The molecule has 11 heteroatoms. The van der Waals surface area contributed by atoms with Crippen molar-refractivity contribution in [2.45, 2.75) is 37.1 Å². The van der Waals surface area contributed by atoms with E-state index in [1.165, 1.54) is 11.8 Å². The summed E-state index contributed by atoms with van der Waals surface area (Å²) in [6, 6.07) is 12.8. The van der Waals surface area contributed by atoms with Gasteiger partial charge in [0.1, 0.15) is 11.1 Å². The maximum Gasteiger partial charge on any atom is 0.418 e. The van der Waals surface area contributed by atoms with Gasteiger partial charge in [0.25, 0.3) is 5.91 Å². The van der Waals surface area contributed by atoms with E-state index in [9.17, 15) is 18.0 Å². The number of hydrazine groups is 1. The minimum Gasteiger partial charge on any atom is -0.277 e. The van der Waals surface area contributed by atoms with Gasteiger partial charge in [-0.15, -0.1) is 11.8 Å². The monoisotopic (exact) mass is 571 g/mol. The predicted octanol–water partition coefficient (Wildman–Crippen LogP) is 8.33. The van der Waals surface area contributed by atoms with Crippen molar-refractivity contribution < 1.29 is 18.0 Å². The van der Waals surface area contributed by atoms with Gasteiger partial charge in [-0.1, -0.05) is 58.6 Å². The number of nitrogens with zero attached hydrogens (tertiary/aromatic N) is 2. The molecule has 36 heavy (non-hydrogen) atoms. The van der Waals surface area contributed by atoms with Crippen molar-refractivity contribution in [2.75, 3.05) is 5.01 Å². The normalized spacial score (nSPS) is 17.1. The molecular weight excluding hydrogens is 554 g/mol. The molecule has 1 heterocycles. The Hall–Kier alpha value is -2.39. The highest BCUT2D eigenvalue weighted by Crippen LogP contribution is 2.44. The third kappa shape index (κ3) is 5.47. The number of nitrogens with one attached hydrogen (secondary N) is 1. The Labute approximate surface area is 225 Å². The van der Waals surface area contributed by atoms with Crippen LogP contribution in [0.15, 0.2) is 58.4 Å². The van der Waals surface area contributed by atoms with E-state index in [0.29, 0.717) is 10.7 Å². The molecule has 0 bridgehead atoms. The van der Waals surface area contributed by atoms with Crippen LogP contribution in [0.5, 0.6) is 0 Å². The lowest BCUT2D eigenvalue weighted by atomic mass is 10.1. The number of carbonyl (C=O) groups is 1. The summed E-state index contributed by atoms with van der Waals surface area (Å²) in [6.07, 6.45) is -4.82. The molecule has 0 aliphatic carbocycles. The van der Waals surface area contributed by atoms with Crippen LogP contribution in [0.25, 0.3) is 0 Å². The van der Waals surface area contributed by atoms with Crippen molar-refractivity contribution in [2.24, 2.45) is 4.99 Å². The number of thioether (sulfide) groups is 1. The van der Waals surface area contributed by atoms with Gasteiger partial charge >= 0.3 is 6.18 Å². The lowest BCUT2D eigenvalue weighted by Crippen LogP contribution is -2.37. The van der Waals surface area contributed by atoms with Gasteiger partial charge in [-0.3, -0.25) is 10.2 Å². The summed E-state index contributed by atoms with van der Waals surface area (Å²) in [4.78, 5) is 19.0. The summed E-state index contributed by atoms with van der Waals surface area (Å²) in [5, 5.41) is -0.405. The number of halogens is 6. The Balaban J connectivity index is 1.86. The third-order valence-corrected chi connectivity index (χ3v) is 7.57. The van der Waals surface area contributed by atoms with Crippen LogP contribution < -0.4 is 10.4 Å². The maximum atomic E-state index is 13.9. The summed E-state index contributed by atoms with van der Waals surface area (Å²) >= 11 is 19.6. The third-order valence-electron chi connectivity index (χ3n) is 5.41. The number of hydrogen-bond donors (Lipinski definition) is 1. The standard InChI is InChI=1S/C25H19Cl3F3N3OS/c1-12-5-7-19(17(27)8-12)32-23-22(36-20-9-13(2)4-6-14(20)3)24(35)34(33-23)21-16(25(29,30)31)10-15(26)11-18(21)28/h4-11,22H,1-3H3,(H,32,33). The molecule has 0 aromatic heterocycles. The first-order valence-corrected chi connectivity index (χ1v) is 12.6. The molecular formula is C25H19Cl3F3N3OS. The second kappa shape index (κ2) is 10.2. The molecule has 1 fully saturated rings. The first-order valence-electron chi connectivity index (χ1n) is 10.6. The molecule has 1 aliphatic heterocycles. The number of amidine groups is 1. The van der Waals surface area contributed by atoms with E-state index >= 15 is 0 Å². The van der Waals surface area contributed by atoms with Gasteiger partial charge in [-0.2, -0.15) is 13.2 Å². The number of amides is 1. The summed E-state index contributed by atoms with van der Waals surface area (Å²) in [6.45, 7) is 5.66. The molecule has 1 saturated heterocycles. The Bertz CT molecular complexity index is 1390. The second-order valence-electron chi connectivity index (χ2n) is 8.29. The van der Waals surface area contributed by atoms with E-state index in [4.69, 9.17) is 34.8 Å². The Morgan fingerprint density at radius 2 is 1.61 bits per heavy atom. The first kappa shape index (κ1) is 26.7. The molecule has 1 atom stereocenters. The number of carbonyl (C=O) groups excluding carboxylic acids is 1. The van der Waals surface area contributed by atoms with Gasteiger partial charge in [-0.25, -0.2) is 10.0 Å². The van der Waals surface area contributed by atoms with Gasteiger partial charge in [-0.05, 0) is 62.2 Å². The summed E-state index contributed by atoms with van der Waals surface area (Å²) in [7, 11) is 0. The molecule has 0 saturated carbocycles. The Kier molecular flexibility index (Phi) is 7.53. The molecule has 1 unspecified atom stereocenters. The molecule has 4 nitrogen and oxygen atoms in total. The summed E-state index contributed by atoms with van der Waals surface area (Å²) in [5.41, 5.74) is 4.20. The molecule has 3 aromatic carbocycles. The van der Waals surface area contributed by atoms with E-state index in [1.54, 1.807) is 18.2 Å². The average Bonchev–Trinajstić information content (AvgIpc) is 3.06. The van der Waals surface area contributed by atoms with Crippen molar-refractivity contribution >= 4 is 69.7 Å². The zero-order valence-corrected chi connectivity index (χ0v) is 22.3. The van der Waals surface area contributed by atoms with Crippen molar-refractivity contribution in [3.63, 3.8) is 0 Å².